The number of hydrogen-bond donors (Lipinski definition) is 0. The van der Waals surface area contributed by atoms with E-state index in [0.717, 1.165) is 6.08 Å². The molecule has 2 nitrogen and oxygen atoms in total. The summed E-state index contributed by atoms with van der Waals surface area (Å²) >= 11 is 0. The van der Waals surface area contributed by atoms with E-state index in [-0.39, 0.29) is 19.4 Å². The second kappa shape index (κ2) is 3.38. The Balaban J connectivity index is 2.77. The minimum absolute atomic E-state index is 0.0368. The fraction of sp³-hybridized carbons (Fsp3) is 0.625. The Morgan fingerprint density at radius 1 is 1.54 bits per heavy atom. The van der Waals surface area contributed by atoms with E-state index in [0.29, 0.717) is 0 Å². The van der Waals surface area contributed by atoms with E-state index in [2.05, 4.69) is 4.74 Å². The molecule has 13 heavy (non-hydrogen) atoms. The number of halogens is 3. The molecule has 1 aliphatic heterocycles. The van der Waals surface area contributed by atoms with Gasteiger partial charge in [-0.3, -0.25) is 0 Å². The Bertz CT molecular complexity index is 253. The lowest BCUT2D eigenvalue weighted by molar-refractivity contribution is -0.250. The second-order valence-electron chi connectivity index (χ2n) is 2.76. The van der Waals surface area contributed by atoms with Crippen molar-refractivity contribution in [1.29, 1.82) is 5.26 Å². The first-order valence-electron chi connectivity index (χ1n) is 3.77. The van der Waals surface area contributed by atoms with Gasteiger partial charge in [0.15, 0.2) is 5.60 Å². The molecule has 0 aromatic rings. The van der Waals surface area contributed by atoms with Gasteiger partial charge in [0.1, 0.15) is 0 Å². The van der Waals surface area contributed by atoms with Crippen molar-refractivity contribution in [3.63, 3.8) is 0 Å². The summed E-state index contributed by atoms with van der Waals surface area (Å²) in [4.78, 5) is 0. The van der Waals surface area contributed by atoms with Crippen LogP contribution in [-0.2, 0) is 4.74 Å². The standard InChI is InChI=1S/C8H8F3NO/c9-8(10,11)7(3-1-5-12)4-2-6-13-7/h2,4H,1,3,6H2. The Morgan fingerprint density at radius 2 is 2.23 bits per heavy atom. The second-order valence-corrected chi connectivity index (χ2v) is 2.76. The molecule has 0 spiro atoms. The Morgan fingerprint density at radius 3 is 2.62 bits per heavy atom. The van der Waals surface area contributed by atoms with Gasteiger partial charge in [0.05, 0.1) is 12.7 Å². The number of ether oxygens (including phenoxy) is 1. The van der Waals surface area contributed by atoms with Gasteiger partial charge in [0.2, 0.25) is 0 Å². The van der Waals surface area contributed by atoms with Crippen molar-refractivity contribution >= 4 is 0 Å². The van der Waals surface area contributed by atoms with E-state index in [1.807, 2.05) is 0 Å². The highest BCUT2D eigenvalue weighted by atomic mass is 19.4. The molecule has 0 amide bonds. The van der Waals surface area contributed by atoms with Crippen LogP contribution in [0.2, 0.25) is 0 Å². The number of alkyl halides is 3. The van der Waals surface area contributed by atoms with Crippen LogP contribution < -0.4 is 0 Å². The molecule has 0 N–H and O–H groups in total. The molecule has 1 rings (SSSR count). The monoisotopic (exact) mass is 191 g/mol. The molecule has 0 aromatic carbocycles. The number of nitriles is 1. The van der Waals surface area contributed by atoms with Gasteiger partial charge in [-0.25, -0.2) is 0 Å². The minimum Gasteiger partial charge on any atom is -0.357 e. The van der Waals surface area contributed by atoms with Crippen LogP contribution in [-0.4, -0.2) is 18.4 Å². The average Bonchev–Trinajstić information content (AvgIpc) is 2.48. The summed E-state index contributed by atoms with van der Waals surface area (Å²) in [6.45, 7) is -0.0368. The maximum Gasteiger partial charge on any atom is 0.421 e. The third-order valence-electron chi connectivity index (χ3n) is 1.91. The summed E-state index contributed by atoms with van der Waals surface area (Å²) in [6.07, 6.45) is -2.61. The molecule has 0 aromatic heterocycles. The highest BCUT2D eigenvalue weighted by Gasteiger charge is 2.55. The van der Waals surface area contributed by atoms with E-state index < -0.39 is 11.8 Å². The fourth-order valence-corrected chi connectivity index (χ4v) is 1.20. The molecule has 0 radical (unpaired) electrons. The maximum atomic E-state index is 12.5. The maximum absolute atomic E-state index is 12.5. The van der Waals surface area contributed by atoms with Gasteiger partial charge < -0.3 is 4.74 Å². The summed E-state index contributed by atoms with van der Waals surface area (Å²) in [5, 5.41) is 8.21. The first-order chi connectivity index (χ1) is 6.02. The third-order valence-corrected chi connectivity index (χ3v) is 1.91. The van der Waals surface area contributed by atoms with Gasteiger partial charge in [0.25, 0.3) is 0 Å². The van der Waals surface area contributed by atoms with Crippen molar-refractivity contribution in [3.8, 4) is 6.07 Å². The Labute approximate surface area is 73.6 Å². The van der Waals surface area contributed by atoms with Crippen LogP contribution in [0, 0.1) is 11.3 Å². The molecule has 0 fully saturated rings. The topological polar surface area (TPSA) is 33.0 Å². The predicted octanol–water partition coefficient (Wildman–Crippen LogP) is 2.18. The van der Waals surface area contributed by atoms with Crippen LogP contribution in [0.1, 0.15) is 12.8 Å². The van der Waals surface area contributed by atoms with Gasteiger partial charge in [-0.1, -0.05) is 6.08 Å². The lowest BCUT2D eigenvalue weighted by Crippen LogP contribution is -2.43. The quantitative estimate of drug-likeness (QED) is 0.626. The van der Waals surface area contributed by atoms with Crippen molar-refractivity contribution in [1.82, 2.24) is 0 Å². The first-order valence-corrected chi connectivity index (χ1v) is 3.77. The smallest absolute Gasteiger partial charge is 0.357 e. The van der Waals surface area contributed by atoms with Crippen LogP contribution in [0.3, 0.4) is 0 Å². The normalized spacial score (nSPS) is 27.5. The van der Waals surface area contributed by atoms with Crippen LogP contribution in [0.15, 0.2) is 12.2 Å². The van der Waals surface area contributed by atoms with E-state index in [4.69, 9.17) is 5.26 Å². The number of rotatable bonds is 2. The summed E-state index contributed by atoms with van der Waals surface area (Å²) in [6, 6.07) is 1.68. The van der Waals surface area contributed by atoms with E-state index in [1.54, 1.807) is 6.07 Å². The highest BCUT2D eigenvalue weighted by molar-refractivity contribution is 5.12. The molecule has 1 unspecified atom stereocenters. The van der Waals surface area contributed by atoms with Gasteiger partial charge in [-0.05, 0) is 6.08 Å². The molecule has 0 aliphatic carbocycles. The Hall–Kier alpha value is -1.02. The molecule has 0 saturated heterocycles. The van der Waals surface area contributed by atoms with Crippen LogP contribution in [0.4, 0.5) is 13.2 Å². The predicted molar refractivity (Wildman–Crippen MR) is 38.7 cm³/mol. The van der Waals surface area contributed by atoms with Gasteiger partial charge >= 0.3 is 6.18 Å². The lowest BCUT2D eigenvalue weighted by Gasteiger charge is -2.28. The van der Waals surface area contributed by atoms with E-state index in [9.17, 15) is 13.2 Å². The minimum atomic E-state index is -4.43. The zero-order valence-electron chi connectivity index (χ0n) is 6.77. The fourth-order valence-electron chi connectivity index (χ4n) is 1.20. The molecule has 0 bridgehead atoms. The van der Waals surface area contributed by atoms with Gasteiger partial charge in [-0.2, -0.15) is 18.4 Å². The molecule has 72 valence electrons. The molecule has 5 heteroatoms. The van der Waals surface area contributed by atoms with Crippen molar-refractivity contribution < 1.29 is 17.9 Å². The molecular formula is C8H8F3NO. The van der Waals surface area contributed by atoms with E-state index in [1.165, 1.54) is 6.08 Å². The van der Waals surface area contributed by atoms with Gasteiger partial charge in [-0.15, -0.1) is 0 Å². The highest BCUT2D eigenvalue weighted by Crippen LogP contribution is 2.40. The zero-order valence-corrected chi connectivity index (χ0v) is 6.77. The first kappa shape index (κ1) is 10.1. The van der Waals surface area contributed by atoms with Crippen LogP contribution in [0.5, 0.6) is 0 Å². The zero-order chi connectivity index (χ0) is 9.95. The van der Waals surface area contributed by atoms with Crippen molar-refractivity contribution in [2.45, 2.75) is 24.6 Å². The Kier molecular flexibility index (Phi) is 2.62. The third kappa shape index (κ3) is 1.83. The van der Waals surface area contributed by atoms with Gasteiger partial charge in [0, 0.05) is 12.8 Å². The molecule has 0 saturated carbocycles. The summed E-state index contributed by atoms with van der Waals surface area (Å²) in [5.74, 6) is 0. The molecule has 1 aliphatic rings. The number of nitrogens with zero attached hydrogens (tertiary/aromatic N) is 1. The van der Waals surface area contributed by atoms with E-state index >= 15 is 0 Å². The summed E-state index contributed by atoms with van der Waals surface area (Å²) in [7, 11) is 0. The SMILES string of the molecule is N#CCCC1(C(F)(F)F)C=CCO1. The molecule has 1 atom stereocenters. The molecule has 1 heterocycles. The molecular weight excluding hydrogens is 183 g/mol. The largest absolute Gasteiger partial charge is 0.421 e. The van der Waals surface area contributed by atoms with Crippen LogP contribution >= 0.6 is 0 Å². The average molecular weight is 191 g/mol. The van der Waals surface area contributed by atoms with Crippen molar-refractivity contribution in [2.75, 3.05) is 6.61 Å². The number of hydrogen-bond acceptors (Lipinski definition) is 2. The van der Waals surface area contributed by atoms with Crippen molar-refractivity contribution in [3.05, 3.63) is 12.2 Å². The summed E-state index contributed by atoms with van der Waals surface area (Å²) in [5.41, 5.74) is -2.22. The lowest BCUT2D eigenvalue weighted by atomic mass is 9.98. The van der Waals surface area contributed by atoms with Crippen LogP contribution in [0.25, 0.3) is 0 Å². The summed E-state index contributed by atoms with van der Waals surface area (Å²) < 4.78 is 42.0. The van der Waals surface area contributed by atoms with Crippen molar-refractivity contribution in [2.24, 2.45) is 0 Å².